The molecule has 0 atom stereocenters. The van der Waals surface area contributed by atoms with E-state index < -0.39 is 0 Å². The average molecular weight is 354 g/mol. The van der Waals surface area contributed by atoms with Crippen molar-refractivity contribution >= 4 is 28.6 Å². The van der Waals surface area contributed by atoms with Gasteiger partial charge >= 0.3 is 5.97 Å². The van der Waals surface area contributed by atoms with Crippen LogP contribution in [0.2, 0.25) is 0 Å². The van der Waals surface area contributed by atoms with E-state index in [0.717, 1.165) is 3.57 Å². The SMILES string of the molecule is COc1cc(OC(=O)c2ccccc2)ccc1I. The monoisotopic (exact) mass is 354 g/mol. The summed E-state index contributed by atoms with van der Waals surface area (Å²) in [6.45, 7) is 0. The number of ether oxygens (including phenoxy) is 2. The zero-order valence-corrected chi connectivity index (χ0v) is 11.9. The summed E-state index contributed by atoms with van der Waals surface area (Å²) < 4.78 is 11.4. The van der Waals surface area contributed by atoms with Crippen LogP contribution in [-0.2, 0) is 0 Å². The highest BCUT2D eigenvalue weighted by atomic mass is 127. The molecule has 3 nitrogen and oxygen atoms in total. The van der Waals surface area contributed by atoms with Crippen molar-refractivity contribution in [2.24, 2.45) is 0 Å². The number of methoxy groups -OCH3 is 1. The highest BCUT2D eigenvalue weighted by molar-refractivity contribution is 14.1. The first-order valence-electron chi connectivity index (χ1n) is 5.31. The van der Waals surface area contributed by atoms with Gasteiger partial charge in [0.2, 0.25) is 0 Å². The lowest BCUT2D eigenvalue weighted by atomic mass is 10.2. The molecule has 0 amide bonds. The molecule has 0 N–H and O–H groups in total. The minimum Gasteiger partial charge on any atom is -0.496 e. The maximum absolute atomic E-state index is 11.8. The fraction of sp³-hybridized carbons (Fsp3) is 0.0714. The molecule has 2 rings (SSSR count). The van der Waals surface area contributed by atoms with E-state index in [2.05, 4.69) is 22.6 Å². The van der Waals surface area contributed by atoms with Crippen LogP contribution in [0.3, 0.4) is 0 Å². The summed E-state index contributed by atoms with van der Waals surface area (Å²) in [7, 11) is 1.58. The predicted molar refractivity (Wildman–Crippen MR) is 77.1 cm³/mol. The molecule has 0 radical (unpaired) electrons. The summed E-state index contributed by atoms with van der Waals surface area (Å²) in [5, 5.41) is 0. The Hall–Kier alpha value is -1.56. The molecular weight excluding hydrogens is 343 g/mol. The third-order valence-corrected chi connectivity index (χ3v) is 3.23. The molecule has 2 aromatic rings. The normalized spacial score (nSPS) is 9.89. The molecule has 0 fully saturated rings. The second-order valence-electron chi connectivity index (χ2n) is 3.55. The highest BCUT2D eigenvalue weighted by Crippen LogP contribution is 2.26. The molecule has 4 heteroatoms. The van der Waals surface area contributed by atoms with Gasteiger partial charge in [0.15, 0.2) is 0 Å². The zero-order chi connectivity index (χ0) is 13.0. The van der Waals surface area contributed by atoms with Gasteiger partial charge in [0, 0.05) is 6.07 Å². The summed E-state index contributed by atoms with van der Waals surface area (Å²) >= 11 is 2.16. The molecule has 0 aliphatic rings. The van der Waals surface area contributed by atoms with Gasteiger partial charge in [-0.05, 0) is 46.9 Å². The van der Waals surface area contributed by atoms with E-state index in [1.807, 2.05) is 12.1 Å². The topological polar surface area (TPSA) is 35.5 Å². The van der Waals surface area contributed by atoms with Crippen molar-refractivity contribution in [2.45, 2.75) is 0 Å². The smallest absolute Gasteiger partial charge is 0.343 e. The van der Waals surface area contributed by atoms with Crippen LogP contribution in [0.25, 0.3) is 0 Å². The summed E-state index contributed by atoms with van der Waals surface area (Å²) in [6.07, 6.45) is 0. The van der Waals surface area contributed by atoms with E-state index in [9.17, 15) is 4.79 Å². The van der Waals surface area contributed by atoms with Crippen molar-refractivity contribution in [3.05, 3.63) is 57.7 Å². The number of carbonyl (C=O) groups excluding carboxylic acids is 1. The molecule has 0 heterocycles. The van der Waals surface area contributed by atoms with Crippen molar-refractivity contribution in [1.29, 1.82) is 0 Å². The molecule has 0 spiro atoms. The van der Waals surface area contributed by atoms with Crippen LogP contribution < -0.4 is 9.47 Å². The number of rotatable bonds is 3. The first-order chi connectivity index (χ1) is 8.70. The molecule has 0 aliphatic heterocycles. The molecule has 18 heavy (non-hydrogen) atoms. The van der Waals surface area contributed by atoms with Gasteiger partial charge in [-0.25, -0.2) is 4.79 Å². The highest BCUT2D eigenvalue weighted by Gasteiger charge is 2.09. The van der Waals surface area contributed by atoms with Gasteiger partial charge in [0.05, 0.1) is 16.2 Å². The van der Waals surface area contributed by atoms with Gasteiger partial charge < -0.3 is 9.47 Å². The number of carbonyl (C=O) groups is 1. The molecule has 0 bridgehead atoms. The summed E-state index contributed by atoms with van der Waals surface area (Å²) in [6, 6.07) is 14.2. The molecule has 0 unspecified atom stereocenters. The van der Waals surface area contributed by atoms with Gasteiger partial charge in [-0.1, -0.05) is 18.2 Å². The van der Waals surface area contributed by atoms with E-state index in [1.165, 1.54) is 0 Å². The molecule has 0 saturated heterocycles. The lowest BCUT2D eigenvalue weighted by Crippen LogP contribution is -2.08. The molecule has 0 aromatic heterocycles. The first-order valence-corrected chi connectivity index (χ1v) is 6.39. The number of esters is 1. The van der Waals surface area contributed by atoms with Gasteiger partial charge in [-0.15, -0.1) is 0 Å². The van der Waals surface area contributed by atoms with Crippen LogP contribution in [-0.4, -0.2) is 13.1 Å². The molecular formula is C14H11IO3. The number of benzene rings is 2. The van der Waals surface area contributed by atoms with Crippen LogP contribution in [0, 0.1) is 3.57 Å². The van der Waals surface area contributed by atoms with Crippen molar-refractivity contribution in [1.82, 2.24) is 0 Å². The lowest BCUT2D eigenvalue weighted by molar-refractivity contribution is 0.0734. The van der Waals surface area contributed by atoms with Crippen LogP contribution in [0.1, 0.15) is 10.4 Å². The van der Waals surface area contributed by atoms with Gasteiger partial charge in [-0.3, -0.25) is 0 Å². The number of halogens is 1. The molecule has 0 saturated carbocycles. The van der Waals surface area contributed by atoms with Gasteiger partial charge in [0.25, 0.3) is 0 Å². The van der Waals surface area contributed by atoms with E-state index in [-0.39, 0.29) is 5.97 Å². The Balaban J connectivity index is 2.17. The quantitative estimate of drug-likeness (QED) is 0.481. The largest absolute Gasteiger partial charge is 0.496 e. The fourth-order valence-corrected chi connectivity index (χ4v) is 2.00. The van der Waals surface area contributed by atoms with Crippen molar-refractivity contribution in [3.8, 4) is 11.5 Å². The first kappa shape index (κ1) is 12.9. The second-order valence-corrected chi connectivity index (χ2v) is 4.71. The Morgan fingerprint density at radius 1 is 1.11 bits per heavy atom. The molecule has 92 valence electrons. The number of hydrogen-bond donors (Lipinski definition) is 0. The Labute approximate surface area is 119 Å². The Morgan fingerprint density at radius 3 is 2.50 bits per heavy atom. The van der Waals surface area contributed by atoms with E-state index in [1.54, 1.807) is 43.5 Å². The second kappa shape index (κ2) is 5.86. The number of hydrogen-bond acceptors (Lipinski definition) is 3. The maximum atomic E-state index is 11.8. The van der Waals surface area contributed by atoms with E-state index in [4.69, 9.17) is 9.47 Å². The van der Waals surface area contributed by atoms with E-state index >= 15 is 0 Å². The maximum Gasteiger partial charge on any atom is 0.343 e. The van der Waals surface area contributed by atoms with Crippen LogP contribution in [0.5, 0.6) is 11.5 Å². The molecule has 2 aromatic carbocycles. The van der Waals surface area contributed by atoms with Gasteiger partial charge in [0.1, 0.15) is 11.5 Å². The fourth-order valence-electron chi connectivity index (χ4n) is 1.44. The minimum atomic E-state index is -0.376. The lowest BCUT2D eigenvalue weighted by Gasteiger charge is -2.07. The van der Waals surface area contributed by atoms with E-state index in [0.29, 0.717) is 17.1 Å². The van der Waals surface area contributed by atoms with Crippen LogP contribution in [0.15, 0.2) is 48.5 Å². The Bertz CT molecular complexity index is 552. The van der Waals surface area contributed by atoms with Crippen molar-refractivity contribution < 1.29 is 14.3 Å². The van der Waals surface area contributed by atoms with Crippen molar-refractivity contribution in [3.63, 3.8) is 0 Å². The standard InChI is InChI=1S/C14H11IO3/c1-17-13-9-11(7-8-12(13)15)18-14(16)10-5-3-2-4-6-10/h2-9H,1H3. The predicted octanol–water partition coefficient (Wildman–Crippen LogP) is 3.52. The van der Waals surface area contributed by atoms with Crippen LogP contribution >= 0.6 is 22.6 Å². The summed E-state index contributed by atoms with van der Waals surface area (Å²) in [4.78, 5) is 11.8. The Kier molecular flexibility index (Phi) is 4.19. The zero-order valence-electron chi connectivity index (χ0n) is 9.72. The Morgan fingerprint density at radius 2 is 1.83 bits per heavy atom. The summed E-state index contributed by atoms with van der Waals surface area (Å²) in [5.74, 6) is 0.786. The minimum absolute atomic E-state index is 0.376. The third kappa shape index (κ3) is 3.01. The van der Waals surface area contributed by atoms with Crippen molar-refractivity contribution in [2.75, 3.05) is 7.11 Å². The van der Waals surface area contributed by atoms with Crippen LogP contribution in [0.4, 0.5) is 0 Å². The van der Waals surface area contributed by atoms with Gasteiger partial charge in [-0.2, -0.15) is 0 Å². The molecule has 0 aliphatic carbocycles. The third-order valence-electron chi connectivity index (χ3n) is 2.34. The summed E-state index contributed by atoms with van der Waals surface area (Å²) in [5.41, 5.74) is 0.523. The average Bonchev–Trinajstić information content (AvgIpc) is 2.42.